The maximum Gasteiger partial charge on any atom is 0.227 e. The van der Waals surface area contributed by atoms with Gasteiger partial charge in [-0.05, 0) is 25.3 Å². The van der Waals surface area contributed by atoms with Gasteiger partial charge in [0.25, 0.3) is 0 Å². The summed E-state index contributed by atoms with van der Waals surface area (Å²) < 4.78 is 1.82. The predicted molar refractivity (Wildman–Crippen MR) is 82.0 cm³/mol. The molecule has 1 aromatic rings. The molecule has 1 N–H and O–H groups in total. The molecule has 3 rings (SSSR count). The summed E-state index contributed by atoms with van der Waals surface area (Å²) in [5.74, 6) is 0.666. The van der Waals surface area contributed by atoms with Gasteiger partial charge in [-0.1, -0.05) is 12.8 Å². The van der Waals surface area contributed by atoms with Crippen molar-refractivity contribution in [2.75, 3.05) is 19.6 Å². The Morgan fingerprint density at radius 1 is 1.33 bits per heavy atom. The Bertz CT molecular complexity index is 498. The molecule has 0 saturated carbocycles. The van der Waals surface area contributed by atoms with Crippen LogP contribution < -0.4 is 5.32 Å². The van der Waals surface area contributed by atoms with Crippen LogP contribution in [0.1, 0.15) is 44.1 Å². The molecular formula is C16H26N4O. The lowest BCUT2D eigenvalue weighted by molar-refractivity contribution is -0.137. The summed E-state index contributed by atoms with van der Waals surface area (Å²) >= 11 is 0. The Labute approximate surface area is 126 Å². The summed E-state index contributed by atoms with van der Waals surface area (Å²) in [6.07, 6.45) is 8.74. The van der Waals surface area contributed by atoms with Gasteiger partial charge in [0.15, 0.2) is 0 Å². The summed E-state index contributed by atoms with van der Waals surface area (Å²) in [4.78, 5) is 15.1. The number of aromatic nitrogens is 2. The quantitative estimate of drug-likeness (QED) is 0.898. The second-order valence-corrected chi connectivity index (χ2v) is 6.55. The lowest BCUT2D eigenvalue weighted by Gasteiger charge is -2.31. The van der Waals surface area contributed by atoms with Crippen molar-refractivity contribution in [1.82, 2.24) is 20.0 Å². The van der Waals surface area contributed by atoms with E-state index in [1.165, 1.54) is 18.4 Å². The molecule has 2 saturated heterocycles. The highest BCUT2D eigenvalue weighted by Crippen LogP contribution is 2.31. The van der Waals surface area contributed by atoms with Crippen molar-refractivity contribution in [3.63, 3.8) is 0 Å². The minimum absolute atomic E-state index is 0.0646. The summed E-state index contributed by atoms with van der Waals surface area (Å²) in [5, 5.41) is 7.66. The average Bonchev–Trinajstić information content (AvgIpc) is 3.05. The molecule has 3 heterocycles. The van der Waals surface area contributed by atoms with Crippen molar-refractivity contribution >= 4 is 5.91 Å². The molecular weight excluding hydrogens is 264 g/mol. The Balaban J connectivity index is 1.76. The molecule has 0 radical (unpaired) electrons. The highest BCUT2D eigenvalue weighted by atomic mass is 16.2. The standard InChI is InChI=1S/C16H26N4O/c1-12-6-4-3-5-7-20(12)16(21)15-10-17-9-14(15)13-8-18-19(2)11-13/h8,11-12,14-15,17H,3-7,9-10H2,1-2H3/t12?,14-,15+/m1/s1. The van der Waals surface area contributed by atoms with E-state index in [4.69, 9.17) is 0 Å². The molecule has 2 aliphatic rings. The van der Waals surface area contributed by atoms with Crippen LogP contribution in [0.3, 0.4) is 0 Å². The highest BCUT2D eigenvalue weighted by molar-refractivity contribution is 5.81. The maximum atomic E-state index is 13.0. The van der Waals surface area contributed by atoms with E-state index in [2.05, 4.69) is 22.2 Å². The third-order valence-electron chi connectivity index (χ3n) is 5.02. The number of likely N-dealkylation sites (tertiary alicyclic amines) is 1. The monoisotopic (exact) mass is 290 g/mol. The van der Waals surface area contributed by atoms with E-state index >= 15 is 0 Å². The molecule has 2 aliphatic heterocycles. The van der Waals surface area contributed by atoms with E-state index in [0.717, 1.165) is 32.5 Å². The molecule has 1 unspecified atom stereocenters. The number of aryl methyl sites for hydroxylation is 1. The minimum Gasteiger partial charge on any atom is -0.340 e. The lowest BCUT2D eigenvalue weighted by Crippen LogP contribution is -2.43. The highest BCUT2D eigenvalue weighted by Gasteiger charge is 2.38. The predicted octanol–water partition coefficient (Wildman–Crippen LogP) is 1.51. The molecule has 116 valence electrons. The van der Waals surface area contributed by atoms with Crippen LogP contribution in [-0.4, -0.2) is 46.3 Å². The third kappa shape index (κ3) is 2.98. The van der Waals surface area contributed by atoms with E-state index in [9.17, 15) is 4.79 Å². The first kappa shape index (κ1) is 14.6. The van der Waals surface area contributed by atoms with E-state index < -0.39 is 0 Å². The Morgan fingerprint density at radius 3 is 2.95 bits per heavy atom. The molecule has 0 bridgehead atoms. The molecule has 1 aromatic heterocycles. The molecule has 5 heteroatoms. The Morgan fingerprint density at radius 2 is 2.19 bits per heavy atom. The zero-order valence-corrected chi connectivity index (χ0v) is 13.1. The zero-order valence-electron chi connectivity index (χ0n) is 13.1. The van der Waals surface area contributed by atoms with E-state index in [0.29, 0.717) is 11.9 Å². The van der Waals surface area contributed by atoms with E-state index in [1.54, 1.807) is 0 Å². The molecule has 3 atom stereocenters. The first-order chi connectivity index (χ1) is 10.2. The number of carbonyl (C=O) groups is 1. The second-order valence-electron chi connectivity index (χ2n) is 6.55. The van der Waals surface area contributed by atoms with Crippen molar-refractivity contribution in [3.8, 4) is 0 Å². The lowest BCUT2D eigenvalue weighted by atomic mass is 9.89. The van der Waals surface area contributed by atoms with Crippen LogP contribution in [0.15, 0.2) is 12.4 Å². The van der Waals surface area contributed by atoms with Crippen LogP contribution in [0, 0.1) is 5.92 Å². The average molecular weight is 290 g/mol. The van der Waals surface area contributed by atoms with Crippen molar-refractivity contribution < 1.29 is 4.79 Å². The number of hydrogen-bond donors (Lipinski definition) is 1. The minimum atomic E-state index is 0.0646. The second kappa shape index (κ2) is 6.18. The van der Waals surface area contributed by atoms with Crippen LogP contribution in [0.2, 0.25) is 0 Å². The molecule has 21 heavy (non-hydrogen) atoms. The number of nitrogens with zero attached hydrogens (tertiary/aromatic N) is 3. The summed E-state index contributed by atoms with van der Waals surface area (Å²) in [5.41, 5.74) is 1.18. The van der Waals surface area contributed by atoms with Crippen molar-refractivity contribution in [1.29, 1.82) is 0 Å². The topological polar surface area (TPSA) is 50.2 Å². The zero-order chi connectivity index (χ0) is 14.8. The molecule has 5 nitrogen and oxygen atoms in total. The Kier molecular flexibility index (Phi) is 4.29. The fraction of sp³-hybridized carbons (Fsp3) is 0.750. The van der Waals surface area contributed by atoms with Gasteiger partial charge >= 0.3 is 0 Å². The summed E-state index contributed by atoms with van der Waals surface area (Å²) in [6.45, 7) is 4.80. The van der Waals surface area contributed by atoms with Gasteiger partial charge in [0, 0.05) is 44.8 Å². The van der Waals surface area contributed by atoms with Gasteiger partial charge in [-0.2, -0.15) is 5.10 Å². The first-order valence-electron chi connectivity index (χ1n) is 8.16. The smallest absolute Gasteiger partial charge is 0.227 e. The maximum absolute atomic E-state index is 13.0. The molecule has 0 aromatic carbocycles. The van der Waals surface area contributed by atoms with Gasteiger partial charge in [0.05, 0.1) is 12.1 Å². The number of nitrogens with one attached hydrogen (secondary N) is 1. The van der Waals surface area contributed by atoms with Crippen molar-refractivity contribution in [2.45, 2.75) is 44.6 Å². The van der Waals surface area contributed by atoms with Gasteiger partial charge in [-0.25, -0.2) is 0 Å². The molecule has 0 aliphatic carbocycles. The molecule has 2 fully saturated rings. The van der Waals surface area contributed by atoms with E-state index in [-0.39, 0.29) is 11.8 Å². The number of amides is 1. The Hall–Kier alpha value is -1.36. The summed E-state index contributed by atoms with van der Waals surface area (Å²) in [7, 11) is 1.93. The van der Waals surface area contributed by atoms with Gasteiger partial charge in [-0.3, -0.25) is 9.48 Å². The van der Waals surface area contributed by atoms with Gasteiger partial charge in [0.1, 0.15) is 0 Å². The van der Waals surface area contributed by atoms with Gasteiger partial charge in [-0.15, -0.1) is 0 Å². The van der Waals surface area contributed by atoms with Gasteiger partial charge < -0.3 is 10.2 Å². The van der Waals surface area contributed by atoms with Crippen LogP contribution in [-0.2, 0) is 11.8 Å². The fourth-order valence-electron chi connectivity index (χ4n) is 3.74. The SMILES string of the molecule is CC1CCCCCN1C(=O)[C@H]1CNC[C@@H]1c1cnn(C)c1. The van der Waals surface area contributed by atoms with Crippen LogP contribution in [0.25, 0.3) is 0 Å². The van der Waals surface area contributed by atoms with Crippen LogP contribution >= 0.6 is 0 Å². The van der Waals surface area contributed by atoms with Crippen molar-refractivity contribution in [2.24, 2.45) is 13.0 Å². The fourth-order valence-corrected chi connectivity index (χ4v) is 3.74. The van der Waals surface area contributed by atoms with Crippen molar-refractivity contribution in [3.05, 3.63) is 18.0 Å². The molecule has 0 spiro atoms. The normalized spacial score (nSPS) is 30.4. The van der Waals surface area contributed by atoms with Gasteiger partial charge in [0.2, 0.25) is 5.91 Å². The number of carbonyl (C=O) groups excluding carboxylic acids is 1. The van der Waals surface area contributed by atoms with E-state index in [1.807, 2.05) is 24.1 Å². The largest absolute Gasteiger partial charge is 0.340 e. The number of rotatable bonds is 2. The number of hydrogen-bond acceptors (Lipinski definition) is 3. The van der Waals surface area contributed by atoms with Crippen LogP contribution in [0.4, 0.5) is 0 Å². The molecule has 1 amide bonds. The third-order valence-corrected chi connectivity index (χ3v) is 5.02. The summed E-state index contributed by atoms with van der Waals surface area (Å²) in [6, 6.07) is 0.384. The van der Waals surface area contributed by atoms with Crippen LogP contribution in [0.5, 0.6) is 0 Å². The first-order valence-corrected chi connectivity index (χ1v) is 8.16.